The van der Waals surface area contributed by atoms with Gasteiger partial charge in [0, 0.05) is 18.9 Å². The van der Waals surface area contributed by atoms with Crippen LogP contribution in [0.15, 0.2) is 0 Å². The molecule has 0 aromatic carbocycles. The van der Waals surface area contributed by atoms with Crippen molar-refractivity contribution in [3.8, 4) is 0 Å². The van der Waals surface area contributed by atoms with E-state index in [1.807, 2.05) is 0 Å². The predicted molar refractivity (Wildman–Crippen MR) is 78.1 cm³/mol. The maximum absolute atomic E-state index is 12.0. The standard InChI is InChI=1S/C17H29NO/c1-14-4-5-16(19)15(12-14)13-18-10-8-17(9-11-18)6-2-3-7-17/h14-15H,2-13H2,1H3. The van der Waals surface area contributed by atoms with Gasteiger partial charge in [-0.2, -0.15) is 0 Å². The van der Waals surface area contributed by atoms with Crippen molar-refractivity contribution >= 4 is 5.78 Å². The molecule has 3 fully saturated rings. The van der Waals surface area contributed by atoms with Crippen LogP contribution in [0.2, 0.25) is 0 Å². The van der Waals surface area contributed by atoms with E-state index in [-0.39, 0.29) is 0 Å². The van der Waals surface area contributed by atoms with E-state index in [0.29, 0.717) is 17.1 Å². The van der Waals surface area contributed by atoms with Crippen LogP contribution in [0.3, 0.4) is 0 Å². The molecule has 2 aliphatic carbocycles. The Morgan fingerprint density at radius 1 is 1.16 bits per heavy atom. The minimum Gasteiger partial charge on any atom is -0.303 e. The lowest BCUT2D eigenvalue weighted by Gasteiger charge is -2.41. The zero-order chi connectivity index (χ0) is 13.3. The van der Waals surface area contributed by atoms with Crippen molar-refractivity contribution in [2.24, 2.45) is 17.3 Å². The largest absolute Gasteiger partial charge is 0.303 e. The first-order chi connectivity index (χ1) is 9.17. The number of ketones is 1. The van der Waals surface area contributed by atoms with Crippen molar-refractivity contribution in [3.63, 3.8) is 0 Å². The average molecular weight is 263 g/mol. The Balaban J connectivity index is 1.50. The predicted octanol–water partition coefficient (Wildman–Crippen LogP) is 3.65. The molecule has 1 aliphatic heterocycles. The second kappa shape index (κ2) is 5.55. The minimum atomic E-state index is 0.348. The smallest absolute Gasteiger partial charge is 0.137 e. The van der Waals surface area contributed by atoms with Gasteiger partial charge >= 0.3 is 0 Å². The molecule has 0 amide bonds. The summed E-state index contributed by atoms with van der Waals surface area (Å²) in [5.74, 6) is 1.65. The lowest BCUT2D eigenvalue weighted by atomic mass is 9.76. The number of likely N-dealkylation sites (tertiary alicyclic amines) is 1. The summed E-state index contributed by atoms with van der Waals surface area (Å²) in [6.45, 7) is 5.86. The molecule has 2 unspecified atom stereocenters. The van der Waals surface area contributed by atoms with Gasteiger partial charge in [0.15, 0.2) is 0 Å². The third-order valence-electron chi connectivity index (χ3n) is 6.09. The molecule has 19 heavy (non-hydrogen) atoms. The summed E-state index contributed by atoms with van der Waals surface area (Å²) in [6, 6.07) is 0. The first-order valence-electron chi connectivity index (χ1n) is 8.42. The molecule has 2 heteroatoms. The van der Waals surface area contributed by atoms with Crippen LogP contribution in [0.1, 0.15) is 64.7 Å². The van der Waals surface area contributed by atoms with Gasteiger partial charge in [-0.25, -0.2) is 0 Å². The highest BCUT2D eigenvalue weighted by Crippen LogP contribution is 2.46. The second-order valence-corrected chi connectivity index (χ2v) is 7.55. The lowest BCUT2D eigenvalue weighted by molar-refractivity contribution is -0.126. The Morgan fingerprint density at radius 3 is 2.53 bits per heavy atom. The van der Waals surface area contributed by atoms with Gasteiger partial charge in [0.2, 0.25) is 0 Å². The Labute approximate surface area is 117 Å². The molecule has 2 saturated carbocycles. The van der Waals surface area contributed by atoms with Gasteiger partial charge in [0.1, 0.15) is 5.78 Å². The number of nitrogens with zero attached hydrogens (tertiary/aromatic N) is 1. The molecule has 0 radical (unpaired) electrons. The highest BCUT2D eigenvalue weighted by atomic mass is 16.1. The third-order valence-corrected chi connectivity index (χ3v) is 6.09. The number of Topliss-reactive ketones (excluding diaryl/α,β-unsaturated/α-hetero) is 1. The van der Waals surface area contributed by atoms with E-state index in [4.69, 9.17) is 0 Å². The third kappa shape index (κ3) is 3.04. The van der Waals surface area contributed by atoms with Crippen molar-refractivity contribution in [3.05, 3.63) is 0 Å². The summed E-state index contributed by atoms with van der Waals surface area (Å²) in [5.41, 5.74) is 0.709. The van der Waals surface area contributed by atoms with Crippen molar-refractivity contribution in [2.75, 3.05) is 19.6 Å². The van der Waals surface area contributed by atoms with Gasteiger partial charge in [0.05, 0.1) is 0 Å². The van der Waals surface area contributed by atoms with E-state index in [1.54, 1.807) is 0 Å². The molecule has 1 heterocycles. The van der Waals surface area contributed by atoms with Crippen LogP contribution in [0.25, 0.3) is 0 Å². The molecule has 0 N–H and O–H groups in total. The van der Waals surface area contributed by atoms with Gasteiger partial charge in [-0.3, -0.25) is 4.79 Å². The number of carbonyl (C=O) groups excluding carboxylic acids is 1. The maximum atomic E-state index is 12.0. The van der Waals surface area contributed by atoms with Crippen LogP contribution in [-0.2, 0) is 4.79 Å². The summed E-state index contributed by atoms with van der Waals surface area (Å²) in [4.78, 5) is 14.6. The second-order valence-electron chi connectivity index (χ2n) is 7.55. The summed E-state index contributed by atoms with van der Waals surface area (Å²) in [5, 5.41) is 0. The first kappa shape index (κ1) is 13.6. The van der Waals surface area contributed by atoms with E-state index < -0.39 is 0 Å². The molecule has 2 nitrogen and oxygen atoms in total. The molecule has 2 atom stereocenters. The summed E-state index contributed by atoms with van der Waals surface area (Å²) < 4.78 is 0. The van der Waals surface area contributed by atoms with Crippen LogP contribution in [0.5, 0.6) is 0 Å². The number of carbonyl (C=O) groups is 1. The summed E-state index contributed by atoms with van der Waals surface area (Å²) in [6.07, 6.45) is 11.7. The fourth-order valence-electron chi connectivity index (χ4n) is 4.65. The van der Waals surface area contributed by atoms with Gasteiger partial charge in [-0.15, -0.1) is 0 Å². The molecule has 1 saturated heterocycles. The Bertz CT molecular complexity index is 322. The molecule has 0 aromatic rings. The zero-order valence-corrected chi connectivity index (χ0v) is 12.5. The molecular formula is C17H29NO. The number of hydrogen-bond acceptors (Lipinski definition) is 2. The van der Waals surface area contributed by atoms with E-state index in [9.17, 15) is 4.79 Å². The van der Waals surface area contributed by atoms with Crippen LogP contribution in [0, 0.1) is 17.3 Å². The number of rotatable bonds is 2. The topological polar surface area (TPSA) is 20.3 Å². The fourth-order valence-corrected chi connectivity index (χ4v) is 4.65. The SMILES string of the molecule is CC1CCC(=O)C(CN2CCC3(CCCC3)CC2)C1. The zero-order valence-electron chi connectivity index (χ0n) is 12.5. The molecule has 3 aliphatic rings. The van der Waals surface area contributed by atoms with Crippen molar-refractivity contribution < 1.29 is 4.79 Å². The van der Waals surface area contributed by atoms with E-state index >= 15 is 0 Å². The first-order valence-corrected chi connectivity index (χ1v) is 8.42. The van der Waals surface area contributed by atoms with Gasteiger partial charge in [-0.05, 0) is 62.9 Å². The van der Waals surface area contributed by atoms with Gasteiger partial charge < -0.3 is 4.90 Å². The van der Waals surface area contributed by atoms with Crippen molar-refractivity contribution in [1.82, 2.24) is 4.90 Å². The normalized spacial score (nSPS) is 35.9. The van der Waals surface area contributed by atoms with Crippen LogP contribution in [0.4, 0.5) is 0 Å². The molecule has 0 bridgehead atoms. The van der Waals surface area contributed by atoms with Crippen LogP contribution < -0.4 is 0 Å². The van der Waals surface area contributed by atoms with Crippen LogP contribution >= 0.6 is 0 Å². The molecule has 3 rings (SSSR count). The van der Waals surface area contributed by atoms with Crippen molar-refractivity contribution in [2.45, 2.75) is 64.7 Å². The van der Waals surface area contributed by atoms with Gasteiger partial charge in [0.25, 0.3) is 0 Å². The lowest BCUT2D eigenvalue weighted by Crippen LogP contribution is -2.43. The molecule has 0 aromatic heterocycles. The summed E-state index contributed by atoms with van der Waals surface area (Å²) in [7, 11) is 0. The average Bonchev–Trinajstić information content (AvgIpc) is 2.85. The van der Waals surface area contributed by atoms with Crippen molar-refractivity contribution in [1.29, 1.82) is 0 Å². The highest BCUT2D eigenvalue weighted by Gasteiger charge is 2.38. The Kier molecular flexibility index (Phi) is 3.98. The highest BCUT2D eigenvalue weighted by molar-refractivity contribution is 5.81. The number of piperidine rings is 1. The fraction of sp³-hybridized carbons (Fsp3) is 0.941. The number of hydrogen-bond donors (Lipinski definition) is 0. The summed E-state index contributed by atoms with van der Waals surface area (Å²) >= 11 is 0. The molecular weight excluding hydrogens is 234 g/mol. The molecule has 1 spiro atoms. The Hall–Kier alpha value is -0.370. The van der Waals surface area contributed by atoms with E-state index in [2.05, 4.69) is 11.8 Å². The Morgan fingerprint density at radius 2 is 1.84 bits per heavy atom. The quantitative estimate of drug-likeness (QED) is 0.758. The minimum absolute atomic E-state index is 0.348. The monoisotopic (exact) mass is 263 g/mol. The maximum Gasteiger partial charge on any atom is 0.137 e. The van der Waals surface area contributed by atoms with E-state index in [1.165, 1.54) is 51.6 Å². The van der Waals surface area contributed by atoms with Gasteiger partial charge in [-0.1, -0.05) is 19.8 Å². The van der Waals surface area contributed by atoms with E-state index in [0.717, 1.165) is 31.7 Å². The molecule has 108 valence electrons. The van der Waals surface area contributed by atoms with Crippen LogP contribution in [-0.4, -0.2) is 30.3 Å².